The summed E-state index contributed by atoms with van der Waals surface area (Å²) in [5.74, 6) is -3.10. The van der Waals surface area contributed by atoms with Crippen molar-refractivity contribution in [2.75, 3.05) is 6.61 Å². The summed E-state index contributed by atoms with van der Waals surface area (Å²) in [6.45, 7) is 3.71. The fourth-order valence-electron chi connectivity index (χ4n) is 5.66. The molecule has 4 aromatic rings. The second-order valence-electron chi connectivity index (χ2n) is 11.5. The third kappa shape index (κ3) is 5.90. The van der Waals surface area contributed by atoms with Gasteiger partial charge in [-0.1, -0.05) is 6.07 Å². The van der Waals surface area contributed by atoms with E-state index in [2.05, 4.69) is 5.10 Å². The first-order valence-electron chi connectivity index (χ1n) is 13.8. The molecule has 43 heavy (non-hydrogen) atoms. The van der Waals surface area contributed by atoms with Crippen molar-refractivity contribution in [2.45, 2.75) is 57.3 Å². The number of rotatable bonds is 9. The zero-order chi connectivity index (χ0) is 30.5. The standard InChI is InChI=1S/C32H29F3N2O6/c1-32(2,40)16-37-14-19(13-36-37)17-9-24(34)31(25(35)10-17)43-26-8-6-23(33)30-22(26)5-7-27(30)42-20-3-4-21-18(11-29(38)39)15-41-28(21)12-20/h3-4,6,8-10,12-14,18,27,40H,5,7,11,15-16H2,1-2H3,(H,38,39)/t18-,27-/m1/s1. The van der Waals surface area contributed by atoms with Crippen LogP contribution >= 0.6 is 0 Å². The molecular weight excluding hydrogens is 565 g/mol. The van der Waals surface area contributed by atoms with Gasteiger partial charge in [0.05, 0.1) is 31.4 Å². The molecule has 0 radical (unpaired) electrons. The normalized spacial score (nSPS) is 17.3. The molecule has 2 aliphatic rings. The molecule has 1 aliphatic heterocycles. The minimum Gasteiger partial charge on any atom is -0.492 e. The number of carbonyl (C=O) groups is 1. The van der Waals surface area contributed by atoms with E-state index in [9.17, 15) is 9.90 Å². The third-order valence-electron chi connectivity index (χ3n) is 7.53. The van der Waals surface area contributed by atoms with E-state index < -0.39 is 40.9 Å². The monoisotopic (exact) mass is 594 g/mol. The smallest absolute Gasteiger partial charge is 0.304 e. The first-order valence-corrected chi connectivity index (χ1v) is 13.8. The topological polar surface area (TPSA) is 103 Å². The quantitative estimate of drug-likeness (QED) is 0.227. The van der Waals surface area contributed by atoms with Gasteiger partial charge in [0, 0.05) is 40.4 Å². The van der Waals surface area contributed by atoms with Crippen LogP contribution in [0.4, 0.5) is 13.2 Å². The van der Waals surface area contributed by atoms with E-state index >= 15 is 13.2 Å². The van der Waals surface area contributed by atoms with Crippen LogP contribution in [-0.2, 0) is 17.8 Å². The van der Waals surface area contributed by atoms with E-state index in [1.54, 1.807) is 38.2 Å². The number of carboxylic acid groups (broad SMARTS) is 1. The van der Waals surface area contributed by atoms with Gasteiger partial charge in [-0.05, 0) is 62.6 Å². The molecule has 6 rings (SSSR count). The van der Waals surface area contributed by atoms with Crippen LogP contribution < -0.4 is 14.2 Å². The summed E-state index contributed by atoms with van der Waals surface area (Å²) < 4.78 is 64.4. The Kier molecular flexibility index (Phi) is 7.29. The van der Waals surface area contributed by atoms with E-state index in [-0.39, 0.29) is 42.4 Å². The summed E-state index contributed by atoms with van der Waals surface area (Å²) in [6, 6.07) is 9.90. The zero-order valence-corrected chi connectivity index (χ0v) is 23.4. The van der Waals surface area contributed by atoms with Crippen molar-refractivity contribution in [3.05, 3.63) is 89.0 Å². The van der Waals surface area contributed by atoms with Crippen LogP contribution in [0.1, 0.15) is 55.4 Å². The van der Waals surface area contributed by atoms with Crippen LogP contribution in [0.3, 0.4) is 0 Å². The predicted molar refractivity (Wildman–Crippen MR) is 149 cm³/mol. The average molecular weight is 595 g/mol. The summed E-state index contributed by atoms with van der Waals surface area (Å²) in [7, 11) is 0. The fraction of sp³-hybridized carbons (Fsp3) is 0.312. The zero-order valence-electron chi connectivity index (χ0n) is 23.4. The van der Waals surface area contributed by atoms with Gasteiger partial charge in [0.2, 0.25) is 0 Å². The molecule has 0 unspecified atom stereocenters. The van der Waals surface area contributed by atoms with Crippen molar-refractivity contribution in [2.24, 2.45) is 0 Å². The number of aromatic nitrogens is 2. The molecule has 0 amide bonds. The number of aliphatic carboxylic acids is 1. The Hall–Kier alpha value is -4.51. The minimum absolute atomic E-state index is 0.0467. The molecule has 0 bridgehead atoms. The van der Waals surface area contributed by atoms with Gasteiger partial charge >= 0.3 is 5.97 Å². The lowest BCUT2D eigenvalue weighted by molar-refractivity contribution is -0.137. The molecule has 1 aliphatic carbocycles. The number of hydrogen-bond donors (Lipinski definition) is 2. The number of ether oxygens (including phenoxy) is 3. The number of hydrogen-bond acceptors (Lipinski definition) is 6. The van der Waals surface area contributed by atoms with Crippen LogP contribution in [0, 0.1) is 17.5 Å². The number of aliphatic hydroxyl groups is 1. The van der Waals surface area contributed by atoms with Crippen molar-refractivity contribution in [3.63, 3.8) is 0 Å². The van der Waals surface area contributed by atoms with Crippen molar-refractivity contribution < 1.29 is 42.4 Å². The Morgan fingerprint density at radius 2 is 1.86 bits per heavy atom. The molecule has 8 nitrogen and oxygen atoms in total. The fourth-order valence-corrected chi connectivity index (χ4v) is 5.66. The second kappa shape index (κ2) is 11.0. The highest BCUT2D eigenvalue weighted by molar-refractivity contribution is 5.69. The Morgan fingerprint density at radius 3 is 2.58 bits per heavy atom. The Morgan fingerprint density at radius 1 is 1.09 bits per heavy atom. The van der Waals surface area contributed by atoms with E-state index in [0.29, 0.717) is 35.5 Å². The molecule has 0 spiro atoms. The van der Waals surface area contributed by atoms with Gasteiger partial charge < -0.3 is 24.4 Å². The molecule has 2 N–H and O–H groups in total. The maximum absolute atomic E-state index is 15.2. The maximum Gasteiger partial charge on any atom is 0.304 e. The summed E-state index contributed by atoms with van der Waals surface area (Å²) in [4.78, 5) is 11.1. The van der Waals surface area contributed by atoms with Crippen molar-refractivity contribution in [1.82, 2.24) is 9.78 Å². The van der Waals surface area contributed by atoms with Gasteiger partial charge in [-0.3, -0.25) is 9.48 Å². The molecule has 0 fully saturated rings. The van der Waals surface area contributed by atoms with E-state index in [4.69, 9.17) is 19.3 Å². The molecule has 0 saturated heterocycles. The molecule has 2 heterocycles. The van der Waals surface area contributed by atoms with Crippen molar-refractivity contribution in [3.8, 4) is 34.1 Å². The molecule has 3 aromatic carbocycles. The molecule has 11 heteroatoms. The van der Waals surface area contributed by atoms with Gasteiger partial charge in [-0.25, -0.2) is 13.2 Å². The van der Waals surface area contributed by atoms with Crippen LogP contribution in [-0.4, -0.2) is 38.2 Å². The lowest BCUT2D eigenvalue weighted by atomic mass is 9.98. The largest absolute Gasteiger partial charge is 0.492 e. The second-order valence-corrected chi connectivity index (χ2v) is 11.5. The summed E-state index contributed by atoms with van der Waals surface area (Å²) in [6.07, 6.45) is 3.08. The Balaban J connectivity index is 1.21. The highest BCUT2D eigenvalue weighted by Gasteiger charge is 2.33. The molecule has 1 aromatic heterocycles. The highest BCUT2D eigenvalue weighted by Crippen LogP contribution is 2.45. The Labute approximate surface area is 245 Å². The van der Waals surface area contributed by atoms with Gasteiger partial charge in [-0.15, -0.1) is 0 Å². The third-order valence-corrected chi connectivity index (χ3v) is 7.53. The van der Waals surface area contributed by atoms with Gasteiger partial charge in [0.25, 0.3) is 0 Å². The van der Waals surface area contributed by atoms with Gasteiger partial charge in [0.15, 0.2) is 17.4 Å². The molecule has 224 valence electrons. The Bertz CT molecular complexity index is 1690. The van der Waals surface area contributed by atoms with Crippen molar-refractivity contribution >= 4 is 5.97 Å². The summed E-state index contributed by atoms with van der Waals surface area (Å²) in [5, 5.41) is 23.3. The van der Waals surface area contributed by atoms with E-state index in [1.807, 2.05) is 0 Å². The number of fused-ring (bicyclic) bond motifs is 2. The molecular formula is C32H29F3N2O6. The molecule has 0 saturated carbocycles. The SMILES string of the molecule is CC(C)(O)Cn1cc(-c2cc(F)c(Oc3ccc(F)c4c3CC[C@H]4Oc3ccc4c(c3)OC[C@H]4CC(=O)O)c(F)c2)cn1. The van der Waals surface area contributed by atoms with Crippen LogP contribution in [0.25, 0.3) is 11.1 Å². The maximum atomic E-state index is 15.2. The number of carboxylic acids is 1. The van der Waals surface area contributed by atoms with Crippen molar-refractivity contribution in [1.29, 1.82) is 0 Å². The first-order chi connectivity index (χ1) is 20.4. The predicted octanol–water partition coefficient (Wildman–Crippen LogP) is 6.55. The lowest BCUT2D eigenvalue weighted by Gasteiger charge is -2.18. The van der Waals surface area contributed by atoms with Crippen LogP contribution in [0.5, 0.6) is 23.0 Å². The average Bonchev–Trinajstić information content (AvgIpc) is 3.66. The highest BCUT2D eigenvalue weighted by atomic mass is 19.1. The number of benzene rings is 3. The number of nitrogens with zero attached hydrogens (tertiary/aromatic N) is 2. The number of halogens is 3. The van der Waals surface area contributed by atoms with E-state index in [1.165, 1.54) is 23.0 Å². The summed E-state index contributed by atoms with van der Waals surface area (Å²) >= 11 is 0. The first kappa shape index (κ1) is 28.6. The van der Waals surface area contributed by atoms with Crippen LogP contribution in [0.2, 0.25) is 0 Å². The minimum atomic E-state index is -1.01. The molecule has 2 atom stereocenters. The summed E-state index contributed by atoms with van der Waals surface area (Å²) in [5.41, 5.74) is 1.18. The van der Waals surface area contributed by atoms with Gasteiger partial charge in [0.1, 0.15) is 29.2 Å². The van der Waals surface area contributed by atoms with Gasteiger partial charge in [-0.2, -0.15) is 5.10 Å². The lowest BCUT2D eigenvalue weighted by Crippen LogP contribution is -2.26. The van der Waals surface area contributed by atoms with Crippen LogP contribution in [0.15, 0.2) is 54.9 Å². The van der Waals surface area contributed by atoms with E-state index in [0.717, 1.165) is 17.7 Å².